The standard InChI is InChI=1S/C24H31N7O/c1-16-8-9-21-17(13-16)14-20(24(32)25-21)22(30-12-11-29-10-4-7-19(29)15-30)23-26-27-28-31(23)18-5-2-3-6-18/h8-9,13-14,18-19,22H,2-7,10-12,15H2,1H3,(H,25,32)/t19-,22+/m0/s1. The average molecular weight is 434 g/mol. The van der Waals surface area contributed by atoms with Gasteiger partial charge >= 0.3 is 0 Å². The molecule has 0 spiro atoms. The van der Waals surface area contributed by atoms with E-state index in [1.165, 1.54) is 37.8 Å². The highest BCUT2D eigenvalue weighted by molar-refractivity contribution is 5.79. The molecular formula is C24H31N7O. The van der Waals surface area contributed by atoms with Gasteiger partial charge in [0.15, 0.2) is 5.82 Å². The molecule has 6 rings (SSSR count). The van der Waals surface area contributed by atoms with Crippen LogP contribution in [0.2, 0.25) is 0 Å². The number of hydrogen-bond donors (Lipinski definition) is 1. The van der Waals surface area contributed by atoms with Crippen molar-refractivity contribution in [3.05, 3.63) is 51.6 Å². The van der Waals surface area contributed by atoms with Crippen molar-refractivity contribution in [3.63, 3.8) is 0 Å². The van der Waals surface area contributed by atoms with E-state index in [1.54, 1.807) is 0 Å². The first kappa shape index (κ1) is 20.1. The van der Waals surface area contributed by atoms with Crippen LogP contribution in [-0.2, 0) is 0 Å². The molecule has 168 valence electrons. The summed E-state index contributed by atoms with van der Waals surface area (Å²) in [6, 6.07) is 8.89. The van der Waals surface area contributed by atoms with E-state index < -0.39 is 0 Å². The molecule has 1 N–H and O–H groups in total. The lowest BCUT2D eigenvalue weighted by atomic mass is 10.00. The molecule has 1 aromatic carbocycles. The molecule has 0 bridgehead atoms. The normalized spacial score (nSPS) is 23.7. The summed E-state index contributed by atoms with van der Waals surface area (Å²) in [4.78, 5) is 21.6. The summed E-state index contributed by atoms with van der Waals surface area (Å²) in [5, 5.41) is 14.1. The van der Waals surface area contributed by atoms with Crippen LogP contribution in [0.15, 0.2) is 29.1 Å². The van der Waals surface area contributed by atoms with Crippen molar-refractivity contribution in [3.8, 4) is 0 Å². The first-order valence-electron chi connectivity index (χ1n) is 12.1. The Labute approximate surface area is 187 Å². The van der Waals surface area contributed by atoms with Gasteiger partial charge in [-0.2, -0.15) is 0 Å². The van der Waals surface area contributed by atoms with Crippen molar-refractivity contribution >= 4 is 10.9 Å². The van der Waals surface area contributed by atoms with Gasteiger partial charge in [0, 0.05) is 36.8 Å². The fourth-order valence-corrected chi connectivity index (χ4v) is 6.08. The maximum absolute atomic E-state index is 13.4. The third-order valence-corrected chi connectivity index (χ3v) is 7.74. The van der Waals surface area contributed by atoms with E-state index in [0.29, 0.717) is 12.1 Å². The molecule has 8 heteroatoms. The molecule has 1 aliphatic carbocycles. The van der Waals surface area contributed by atoms with Gasteiger partial charge in [0.2, 0.25) is 0 Å². The van der Waals surface area contributed by atoms with Crippen LogP contribution >= 0.6 is 0 Å². The van der Waals surface area contributed by atoms with Crippen LogP contribution in [0.4, 0.5) is 0 Å². The van der Waals surface area contributed by atoms with Crippen LogP contribution in [-0.4, -0.2) is 67.2 Å². The van der Waals surface area contributed by atoms with Crippen molar-refractivity contribution in [1.82, 2.24) is 35.0 Å². The van der Waals surface area contributed by atoms with Gasteiger partial charge in [-0.05, 0) is 73.2 Å². The molecule has 3 fully saturated rings. The number of aryl methyl sites for hydroxylation is 1. The summed E-state index contributed by atoms with van der Waals surface area (Å²) in [5.41, 5.74) is 2.77. The Kier molecular flexibility index (Phi) is 5.07. The number of benzene rings is 1. The van der Waals surface area contributed by atoms with Gasteiger partial charge in [-0.15, -0.1) is 5.10 Å². The van der Waals surface area contributed by atoms with Gasteiger partial charge < -0.3 is 4.98 Å². The second-order valence-corrected chi connectivity index (χ2v) is 9.79. The zero-order valence-electron chi connectivity index (χ0n) is 18.7. The summed E-state index contributed by atoms with van der Waals surface area (Å²) in [5.74, 6) is 0.820. The fourth-order valence-electron chi connectivity index (χ4n) is 6.08. The molecule has 2 aromatic heterocycles. The van der Waals surface area contributed by atoms with E-state index in [1.807, 2.05) is 16.8 Å². The molecule has 3 aliphatic rings. The lowest BCUT2D eigenvalue weighted by molar-refractivity contribution is 0.0783. The highest BCUT2D eigenvalue weighted by Crippen LogP contribution is 2.35. The molecule has 32 heavy (non-hydrogen) atoms. The van der Waals surface area contributed by atoms with Crippen LogP contribution < -0.4 is 5.56 Å². The number of piperazine rings is 1. The smallest absolute Gasteiger partial charge is 0.253 e. The molecule has 0 amide bonds. The highest BCUT2D eigenvalue weighted by Gasteiger charge is 2.38. The lowest BCUT2D eigenvalue weighted by Crippen LogP contribution is -2.52. The van der Waals surface area contributed by atoms with Crippen LogP contribution in [0.1, 0.15) is 67.6 Å². The molecule has 3 aromatic rings. The molecule has 0 unspecified atom stereocenters. The Balaban J connectivity index is 1.47. The number of rotatable bonds is 4. The minimum atomic E-state index is -0.234. The number of hydrogen-bond acceptors (Lipinski definition) is 6. The maximum Gasteiger partial charge on any atom is 0.253 e. The fraction of sp³-hybridized carbons (Fsp3) is 0.583. The number of H-pyrrole nitrogens is 1. The van der Waals surface area contributed by atoms with E-state index in [2.05, 4.69) is 49.4 Å². The Hall–Kier alpha value is -2.58. The van der Waals surface area contributed by atoms with Crippen LogP contribution in [0.5, 0.6) is 0 Å². The first-order valence-corrected chi connectivity index (χ1v) is 12.1. The first-order chi connectivity index (χ1) is 15.7. The minimum Gasteiger partial charge on any atom is -0.322 e. The second kappa shape index (κ2) is 8.08. The molecule has 0 radical (unpaired) electrons. The highest BCUT2D eigenvalue weighted by atomic mass is 16.1. The van der Waals surface area contributed by atoms with Crippen LogP contribution in [0.25, 0.3) is 10.9 Å². The zero-order chi connectivity index (χ0) is 21.7. The Morgan fingerprint density at radius 3 is 2.75 bits per heavy atom. The third-order valence-electron chi connectivity index (χ3n) is 7.74. The summed E-state index contributed by atoms with van der Waals surface area (Å²) in [6.07, 6.45) is 7.13. The number of nitrogens with one attached hydrogen (secondary N) is 1. The minimum absolute atomic E-state index is 0.0406. The van der Waals surface area contributed by atoms with Crippen LogP contribution in [0, 0.1) is 6.92 Å². The quantitative estimate of drug-likeness (QED) is 0.681. The Bertz CT molecular complexity index is 1180. The summed E-state index contributed by atoms with van der Waals surface area (Å²) in [7, 11) is 0. The Morgan fingerprint density at radius 2 is 1.88 bits per heavy atom. The third kappa shape index (κ3) is 3.46. The predicted octanol–water partition coefficient (Wildman–Crippen LogP) is 2.81. The number of fused-ring (bicyclic) bond motifs is 2. The summed E-state index contributed by atoms with van der Waals surface area (Å²) < 4.78 is 2.03. The van der Waals surface area contributed by atoms with E-state index in [9.17, 15) is 4.79 Å². The van der Waals surface area contributed by atoms with Gasteiger partial charge in [-0.25, -0.2) is 4.68 Å². The Morgan fingerprint density at radius 1 is 1.03 bits per heavy atom. The zero-order valence-corrected chi connectivity index (χ0v) is 18.7. The second-order valence-electron chi connectivity index (χ2n) is 9.79. The van der Waals surface area contributed by atoms with E-state index in [-0.39, 0.29) is 11.6 Å². The monoisotopic (exact) mass is 433 g/mol. The number of nitrogens with zero attached hydrogens (tertiary/aromatic N) is 6. The van der Waals surface area contributed by atoms with E-state index in [4.69, 9.17) is 0 Å². The summed E-state index contributed by atoms with van der Waals surface area (Å²) >= 11 is 0. The van der Waals surface area contributed by atoms with Crippen molar-refractivity contribution in [1.29, 1.82) is 0 Å². The largest absolute Gasteiger partial charge is 0.322 e. The van der Waals surface area contributed by atoms with Crippen molar-refractivity contribution in [2.75, 3.05) is 26.2 Å². The molecular weight excluding hydrogens is 402 g/mol. The SMILES string of the molecule is Cc1ccc2[nH]c(=O)c([C@H](c3nnnn3C3CCCC3)N3CCN4CCC[C@H]4C3)cc2c1. The van der Waals surface area contributed by atoms with Gasteiger partial charge in [-0.3, -0.25) is 14.6 Å². The molecule has 8 nitrogen and oxygen atoms in total. The van der Waals surface area contributed by atoms with Crippen LogP contribution in [0.3, 0.4) is 0 Å². The number of tetrazole rings is 1. The van der Waals surface area contributed by atoms with E-state index >= 15 is 0 Å². The molecule has 4 heterocycles. The van der Waals surface area contributed by atoms with Gasteiger partial charge in [0.05, 0.1) is 6.04 Å². The molecule has 1 saturated carbocycles. The van der Waals surface area contributed by atoms with E-state index in [0.717, 1.165) is 54.8 Å². The lowest BCUT2D eigenvalue weighted by Gasteiger charge is -2.41. The van der Waals surface area contributed by atoms with Crippen molar-refractivity contribution in [2.24, 2.45) is 0 Å². The number of aromatic nitrogens is 5. The number of aromatic amines is 1. The summed E-state index contributed by atoms with van der Waals surface area (Å²) in [6.45, 7) is 6.19. The molecule has 2 saturated heterocycles. The van der Waals surface area contributed by atoms with Crippen molar-refractivity contribution in [2.45, 2.75) is 63.6 Å². The predicted molar refractivity (Wildman–Crippen MR) is 123 cm³/mol. The molecule has 2 atom stereocenters. The average Bonchev–Trinajstić information content (AvgIpc) is 3.55. The molecule has 2 aliphatic heterocycles. The van der Waals surface area contributed by atoms with Crippen molar-refractivity contribution < 1.29 is 0 Å². The maximum atomic E-state index is 13.4. The topological polar surface area (TPSA) is 82.9 Å². The van der Waals surface area contributed by atoms with Gasteiger partial charge in [-0.1, -0.05) is 24.5 Å². The number of pyridine rings is 1. The van der Waals surface area contributed by atoms with Gasteiger partial charge in [0.1, 0.15) is 6.04 Å². The van der Waals surface area contributed by atoms with Gasteiger partial charge in [0.25, 0.3) is 5.56 Å².